The van der Waals surface area contributed by atoms with Gasteiger partial charge in [-0.15, -0.1) is 0 Å². The van der Waals surface area contributed by atoms with Crippen LogP contribution in [-0.2, 0) is 4.79 Å². The van der Waals surface area contributed by atoms with Crippen LogP contribution in [0.2, 0.25) is 0 Å². The molecule has 0 aromatic heterocycles. The van der Waals surface area contributed by atoms with E-state index in [0.29, 0.717) is 44.0 Å². The molecule has 4 rings (SSSR count). The van der Waals surface area contributed by atoms with Crippen molar-refractivity contribution in [3.8, 4) is 0 Å². The number of urea groups is 1. The average Bonchev–Trinajstić information content (AvgIpc) is 2.99. The predicted octanol–water partition coefficient (Wildman–Crippen LogP) is 3.15. The van der Waals surface area contributed by atoms with E-state index in [1.54, 1.807) is 12.1 Å². The number of carbonyl (C=O) groups is 2. The van der Waals surface area contributed by atoms with E-state index >= 15 is 0 Å². The number of hydrazine groups is 1. The second-order valence-corrected chi connectivity index (χ2v) is 8.03. The Kier molecular flexibility index (Phi) is 5.04. The number of benzene rings is 1. The van der Waals surface area contributed by atoms with Crippen molar-refractivity contribution in [1.82, 2.24) is 15.6 Å². The molecule has 0 bridgehead atoms. The number of anilines is 1. The second kappa shape index (κ2) is 7.46. The van der Waals surface area contributed by atoms with E-state index in [-0.39, 0.29) is 17.8 Å². The Balaban J connectivity index is 1.34. The number of likely N-dealkylation sites (tertiary alicyclic amines) is 1. The van der Waals surface area contributed by atoms with Gasteiger partial charge in [-0.3, -0.25) is 4.79 Å². The molecule has 2 N–H and O–H groups in total. The number of hydrogen-bond acceptors (Lipinski definition) is 3. The molecule has 1 aliphatic carbocycles. The number of nitrogens with one attached hydrogen (secondary N) is 2. The summed E-state index contributed by atoms with van der Waals surface area (Å²) in [5.74, 6) is 0.393. The maximum atomic E-state index is 13.5. The van der Waals surface area contributed by atoms with Gasteiger partial charge in [0.1, 0.15) is 11.5 Å². The highest BCUT2D eigenvalue weighted by atomic mass is 19.1. The Hall–Kier alpha value is -2.15. The first-order valence-corrected chi connectivity index (χ1v) is 9.98. The highest BCUT2D eigenvalue weighted by Gasteiger charge is 2.45. The summed E-state index contributed by atoms with van der Waals surface area (Å²) in [5.41, 5.74) is 3.12. The molecular formula is C20H27FN4O2. The molecule has 1 spiro atoms. The normalized spacial score (nSPS) is 22.9. The highest BCUT2D eigenvalue weighted by molar-refractivity contribution is 5.93. The van der Waals surface area contributed by atoms with Crippen molar-refractivity contribution in [3.05, 3.63) is 30.1 Å². The Labute approximate surface area is 159 Å². The van der Waals surface area contributed by atoms with Gasteiger partial charge in [-0.2, -0.15) is 0 Å². The zero-order valence-corrected chi connectivity index (χ0v) is 15.5. The number of amides is 3. The quantitative estimate of drug-likeness (QED) is 0.854. The molecule has 0 unspecified atom stereocenters. The zero-order valence-electron chi connectivity index (χ0n) is 15.5. The van der Waals surface area contributed by atoms with Gasteiger partial charge < -0.3 is 10.2 Å². The van der Waals surface area contributed by atoms with Crippen LogP contribution in [0.25, 0.3) is 0 Å². The molecule has 7 heteroatoms. The summed E-state index contributed by atoms with van der Waals surface area (Å²) < 4.78 is 13.5. The number of rotatable bonds is 3. The molecule has 2 heterocycles. The minimum Gasteiger partial charge on any atom is -0.342 e. The lowest BCUT2D eigenvalue weighted by atomic mass is 9.86. The van der Waals surface area contributed by atoms with Gasteiger partial charge in [0.25, 0.3) is 0 Å². The largest absolute Gasteiger partial charge is 0.342 e. The number of nitrogens with zero attached hydrogens (tertiary/aromatic N) is 2. The molecule has 146 valence electrons. The fraction of sp³-hybridized carbons (Fsp3) is 0.600. The second-order valence-electron chi connectivity index (χ2n) is 8.03. The van der Waals surface area contributed by atoms with Gasteiger partial charge in [-0.25, -0.2) is 19.6 Å². The monoisotopic (exact) mass is 374 g/mol. The van der Waals surface area contributed by atoms with Crippen LogP contribution in [0.1, 0.15) is 51.4 Å². The Morgan fingerprint density at radius 3 is 2.63 bits per heavy atom. The number of carbonyl (C=O) groups excluding carboxylic acids is 2. The molecule has 0 atom stereocenters. The van der Waals surface area contributed by atoms with E-state index < -0.39 is 5.66 Å². The van der Waals surface area contributed by atoms with Crippen LogP contribution < -0.4 is 15.8 Å². The predicted molar refractivity (Wildman–Crippen MR) is 100 cm³/mol. The summed E-state index contributed by atoms with van der Waals surface area (Å²) in [4.78, 5) is 26.9. The Morgan fingerprint density at radius 1 is 1.19 bits per heavy atom. The molecule has 0 radical (unpaired) electrons. The average molecular weight is 374 g/mol. The molecule has 1 aromatic carbocycles. The van der Waals surface area contributed by atoms with Gasteiger partial charge in [-0.05, 0) is 37.0 Å². The van der Waals surface area contributed by atoms with E-state index in [0.717, 1.165) is 0 Å². The van der Waals surface area contributed by atoms with Crippen molar-refractivity contribution in [3.63, 3.8) is 0 Å². The summed E-state index contributed by atoms with van der Waals surface area (Å²) in [6, 6.07) is 5.66. The van der Waals surface area contributed by atoms with E-state index in [9.17, 15) is 14.0 Å². The van der Waals surface area contributed by atoms with Gasteiger partial charge in [0.2, 0.25) is 5.91 Å². The number of piperidine rings is 1. The maximum Gasteiger partial charge on any atom is 0.338 e. The molecule has 3 amide bonds. The third-order valence-corrected chi connectivity index (χ3v) is 6.10. The van der Waals surface area contributed by atoms with E-state index in [4.69, 9.17) is 0 Å². The summed E-state index contributed by atoms with van der Waals surface area (Å²) in [5, 5.41) is 4.36. The topological polar surface area (TPSA) is 64.7 Å². The first-order valence-electron chi connectivity index (χ1n) is 9.98. The van der Waals surface area contributed by atoms with Gasteiger partial charge in [0.15, 0.2) is 0 Å². The molecule has 6 nitrogen and oxygen atoms in total. The standard InChI is InChI=1S/C20H27FN4O2/c21-16-7-4-8-17(14-16)25-19(27)22-20(23-25)9-11-24(12-10-20)18(26)13-15-5-2-1-3-6-15/h4,7-8,14-15,23H,1-3,5-6,9-13H2,(H,22,27). The van der Waals surface area contributed by atoms with E-state index in [1.807, 2.05) is 4.90 Å². The van der Waals surface area contributed by atoms with Crippen LogP contribution >= 0.6 is 0 Å². The van der Waals surface area contributed by atoms with Crippen LogP contribution in [0.4, 0.5) is 14.9 Å². The van der Waals surface area contributed by atoms with Crippen molar-refractivity contribution in [2.45, 2.75) is 57.0 Å². The van der Waals surface area contributed by atoms with Crippen molar-refractivity contribution in [2.24, 2.45) is 5.92 Å². The maximum absolute atomic E-state index is 13.5. The van der Waals surface area contributed by atoms with Crippen LogP contribution in [0, 0.1) is 11.7 Å². The Morgan fingerprint density at radius 2 is 1.93 bits per heavy atom. The molecule has 1 aromatic rings. The first kappa shape index (κ1) is 18.2. The zero-order chi connectivity index (χ0) is 18.9. The van der Waals surface area contributed by atoms with Crippen LogP contribution in [0.5, 0.6) is 0 Å². The molecule has 3 fully saturated rings. The lowest BCUT2D eigenvalue weighted by molar-refractivity contribution is -0.134. The van der Waals surface area contributed by atoms with E-state index in [2.05, 4.69) is 10.7 Å². The first-order chi connectivity index (χ1) is 13.0. The van der Waals surface area contributed by atoms with Crippen molar-refractivity contribution in [2.75, 3.05) is 18.1 Å². The highest BCUT2D eigenvalue weighted by Crippen LogP contribution is 2.30. The van der Waals surface area contributed by atoms with Crippen molar-refractivity contribution in [1.29, 1.82) is 0 Å². The smallest absolute Gasteiger partial charge is 0.338 e. The SMILES string of the molecule is O=C(CC1CCCCC1)N1CCC2(CC1)NC(=O)N(c1cccc(F)c1)N2. The lowest BCUT2D eigenvalue weighted by Crippen LogP contribution is -2.58. The van der Waals surface area contributed by atoms with Gasteiger partial charge in [-0.1, -0.05) is 25.3 Å². The van der Waals surface area contributed by atoms with Crippen LogP contribution in [0.15, 0.2) is 24.3 Å². The molecule has 27 heavy (non-hydrogen) atoms. The molecule has 2 saturated heterocycles. The van der Waals surface area contributed by atoms with Gasteiger partial charge >= 0.3 is 6.03 Å². The van der Waals surface area contributed by atoms with Crippen molar-refractivity contribution >= 4 is 17.6 Å². The van der Waals surface area contributed by atoms with Crippen LogP contribution in [-0.4, -0.2) is 35.6 Å². The molecule has 2 aliphatic heterocycles. The molecular weight excluding hydrogens is 347 g/mol. The summed E-state index contributed by atoms with van der Waals surface area (Å²) in [6.07, 6.45) is 8.06. The minimum absolute atomic E-state index is 0.239. The van der Waals surface area contributed by atoms with Crippen LogP contribution in [0.3, 0.4) is 0 Å². The molecule has 1 saturated carbocycles. The number of halogens is 1. The number of hydrogen-bond donors (Lipinski definition) is 2. The third kappa shape index (κ3) is 3.93. The van der Waals surface area contributed by atoms with Gasteiger partial charge in [0.05, 0.1) is 5.69 Å². The fourth-order valence-corrected chi connectivity index (χ4v) is 4.49. The van der Waals surface area contributed by atoms with Crippen molar-refractivity contribution < 1.29 is 14.0 Å². The summed E-state index contributed by atoms with van der Waals surface area (Å²) in [7, 11) is 0. The summed E-state index contributed by atoms with van der Waals surface area (Å²) in [6.45, 7) is 1.24. The lowest BCUT2D eigenvalue weighted by Gasteiger charge is -2.39. The van der Waals surface area contributed by atoms with Gasteiger partial charge in [0, 0.05) is 32.4 Å². The fourth-order valence-electron chi connectivity index (χ4n) is 4.49. The summed E-state index contributed by atoms with van der Waals surface area (Å²) >= 11 is 0. The van der Waals surface area contributed by atoms with E-state index in [1.165, 1.54) is 49.2 Å². The molecule has 3 aliphatic rings. The third-order valence-electron chi connectivity index (χ3n) is 6.10. The minimum atomic E-state index is -0.564. The Bertz CT molecular complexity index is 712.